The first-order valence-electron chi connectivity index (χ1n) is 3.32. The van der Waals surface area contributed by atoms with Crippen molar-refractivity contribution in [1.29, 1.82) is 0 Å². The van der Waals surface area contributed by atoms with Gasteiger partial charge >= 0.3 is 0 Å². The second-order valence-corrected chi connectivity index (χ2v) is 4.41. The van der Waals surface area contributed by atoms with Gasteiger partial charge in [-0.2, -0.15) is 0 Å². The number of carbonyl (C=O) groups is 1. The Morgan fingerprint density at radius 1 is 1.80 bits per heavy atom. The fourth-order valence-corrected chi connectivity index (χ4v) is 3.00. The molecule has 10 heavy (non-hydrogen) atoms. The maximum atomic E-state index is 10.8. The molecule has 56 valence electrons. The summed E-state index contributed by atoms with van der Waals surface area (Å²) in [5, 5.41) is 0.953. The van der Waals surface area contributed by atoms with Crippen molar-refractivity contribution in [3.8, 4) is 0 Å². The minimum Gasteiger partial charge on any atom is -0.329 e. The molecule has 2 saturated heterocycles. The van der Waals surface area contributed by atoms with Gasteiger partial charge in [0.15, 0.2) is 0 Å². The van der Waals surface area contributed by atoms with Gasteiger partial charge < -0.3 is 4.90 Å². The molecule has 4 heteroatoms. The summed E-state index contributed by atoms with van der Waals surface area (Å²) in [6, 6.07) is 0. The molecule has 0 aromatic heterocycles. The molecule has 1 unspecified atom stereocenters. The van der Waals surface area contributed by atoms with Crippen molar-refractivity contribution in [2.75, 3.05) is 12.4 Å². The third-order valence-electron chi connectivity index (χ3n) is 1.94. The zero-order valence-corrected chi connectivity index (χ0v) is 6.99. The van der Waals surface area contributed by atoms with Crippen LogP contribution in [0.15, 0.2) is 0 Å². The molecule has 0 N–H and O–H groups in total. The number of rotatable bonds is 1. The average Bonchev–Trinajstić information content (AvgIpc) is 2.26. The molecule has 2 atom stereocenters. The second kappa shape index (κ2) is 2.31. The molecule has 0 aromatic carbocycles. The summed E-state index contributed by atoms with van der Waals surface area (Å²) in [4.78, 5) is 12.8. The Labute approximate surface area is 68.9 Å². The van der Waals surface area contributed by atoms with Crippen LogP contribution in [0.5, 0.6) is 0 Å². The van der Waals surface area contributed by atoms with Gasteiger partial charge in [-0.15, -0.1) is 23.4 Å². The van der Waals surface area contributed by atoms with Gasteiger partial charge in [-0.1, -0.05) is 0 Å². The van der Waals surface area contributed by atoms with Crippen LogP contribution < -0.4 is 0 Å². The van der Waals surface area contributed by atoms with Crippen molar-refractivity contribution in [1.82, 2.24) is 4.90 Å². The maximum Gasteiger partial charge on any atom is 0.226 e. The number of alkyl halides is 1. The Hall–Kier alpha value is 0.110. The van der Waals surface area contributed by atoms with E-state index in [9.17, 15) is 4.79 Å². The number of β-lactam (4-membered cyclic amide) rings is 1. The molecule has 0 aliphatic carbocycles. The molecule has 2 fully saturated rings. The van der Waals surface area contributed by atoms with Gasteiger partial charge in [0.05, 0.1) is 11.8 Å². The summed E-state index contributed by atoms with van der Waals surface area (Å²) in [6.45, 7) is 0.873. The Morgan fingerprint density at radius 3 is 3.10 bits per heavy atom. The Bertz CT molecular complexity index is 175. The predicted molar refractivity (Wildman–Crippen MR) is 42.2 cm³/mol. The third-order valence-corrected chi connectivity index (χ3v) is 3.93. The van der Waals surface area contributed by atoms with Crippen molar-refractivity contribution in [3.05, 3.63) is 0 Å². The van der Waals surface area contributed by atoms with Gasteiger partial charge in [0.25, 0.3) is 0 Å². The van der Waals surface area contributed by atoms with Crippen LogP contribution in [0.25, 0.3) is 0 Å². The van der Waals surface area contributed by atoms with Crippen LogP contribution in [-0.2, 0) is 4.79 Å². The van der Waals surface area contributed by atoms with Crippen molar-refractivity contribution in [2.45, 2.75) is 17.0 Å². The topological polar surface area (TPSA) is 20.3 Å². The highest BCUT2D eigenvalue weighted by atomic mass is 35.5. The lowest BCUT2D eigenvalue weighted by atomic mass is 10.2. The van der Waals surface area contributed by atoms with E-state index in [2.05, 4.69) is 0 Å². The number of fused-ring (bicyclic) bond motifs is 1. The van der Waals surface area contributed by atoms with Crippen molar-refractivity contribution >= 4 is 29.3 Å². The number of halogens is 1. The highest BCUT2D eigenvalue weighted by molar-refractivity contribution is 8.01. The van der Waals surface area contributed by atoms with Gasteiger partial charge in [-0.3, -0.25) is 4.79 Å². The van der Waals surface area contributed by atoms with E-state index in [1.54, 1.807) is 0 Å². The summed E-state index contributed by atoms with van der Waals surface area (Å²) in [5.74, 6) is 0.968. The Morgan fingerprint density at radius 2 is 2.60 bits per heavy atom. The van der Waals surface area contributed by atoms with Gasteiger partial charge in [-0.25, -0.2) is 0 Å². The van der Waals surface area contributed by atoms with Crippen LogP contribution in [0, 0.1) is 0 Å². The molecule has 0 saturated carbocycles. The van der Waals surface area contributed by atoms with E-state index in [1.165, 1.54) is 0 Å². The van der Waals surface area contributed by atoms with Gasteiger partial charge in [0.1, 0.15) is 0 Å². The lowest BCUT2D eigenvalue weighted by molar-refractivity contribution is -0.140. The molecular formula is C6H8ClNOS. The van der Waals surface area contributed by atoms with Crippen molar-refractivity contribution in [2.24, 2.45) is 0 Å². The van der Waals surface area contributed by atoms with Crippen LogP contribution in [-0.4, -0.2) is 33.9 Å². The third kappa shape index (κ3) is 0.839. The molecular weight excluding hydrogens is 170 g/mol. The van der Waals surface area contributed by atoms with Gasteiger partial charge in [0.2, 0.25) is 5.91 Å². The van der Waals surface area contributed by atoms with E-state index < -0.39 is 0 Å². The quantitative estimate of drug-likeness (QED) is 0.438. The standard InChI is InChI=1S/C6H8ClNOS/c7-2-4-3-8-5(9)1-6(8)10-4/h4,6H,1-3H2/t4-,6?/m0/s1. The fraction of sp³-hybridized carbons (Fsp3) is 0.833. The summed E-state index contributed by atoms with van der Waals surface area (Å²) < 4.78 is 0. The molecule has 2 rings (SSSR count). The Kier molecular flexibility index (Phi) is 1.57. The maximum absolute atomic E-state index is 10.8. The highest BCUT2D eigenvalue weighted by Crippen LogP contribution is 2.39. The molecule has 0 aromatic rings. The predicted octanol–water partition coefficient (Wildman–Crippen LogP) is 0.899. The molecule has 2 aliphatic heterocycles. The summed E-state index contributed by atoms with van der Waals surface area (Å²) in [5.41, 5.74) is 0. The molecule has 1 amide bonds. The SMILES string of the molecule is O=C1CC2S[C@@H](CCl)CN12. The van der Waals surface area contributed by atoms with Crippen molar-refractivity contribution < 1.29 is 4.79 Å². The number of amides is 1. The first-order valence-corrected chi connectivity index (χ1v) is 4.80. The Balaban J connectivity index is 1.99. The molecule has 2 heterocycles. The lowest BCUT2D eigenvalue weighted by Crippen LogP contribution is -2.47. The number of hydrogen-bond donors (Lipinski definition) is 0. The first-order chi connectivity index (χ1) is 4.81. The normalized spacial score (nSPS) is 37.7. The largest absolute Gasteiger partial charge is 0.329 e. The van der Waals surface area contributed by atoms with Crippen molar-refractivity contribution in [3.63, 3.8) is 0 Å². The van der Waals surface area contributed by atoms with Crippen LogP contribution in [0.4, 0.5) is 0 Å². The van der Waals surface area contributed by atoms with E-state index >= 15 is 0 Å². The van der Waals surface area contributed by atoms with E-state index in [-0.39, 0.29) is 0 Å². The molecule has 2 nitrogen and oxygen atoms in total. The average molecular weight is 178 g/mol. The monoisotopic (exact) mass is 177 g/mol. The smallest absolute Gasteiger partial charge is 0.226 e. The number of thioether (sulfide) groups is 1. The summed E-state index contributed by atoms with van der Waals surface area (Å²) >= 11 is 7.49. The summed E-state index contributed by atoms with van der Waals surface area (Å²) in [7, 11) is 0. The van der Waals surface area contributed by atoms with Crippen LogP contribution in [0.2, 0.25) is 0 Å². The highest BCUT2D eigenvalue weighted by Gasteiger charge is 2.44. The number of hydrogen-bond acceptors (Lipinski definition) is 2. The van der Waals surface area contributed by atoms with Gasteiger partial charge in [0, 0.05) is 17.7 Å². The molecule has 0 bridgehead atoms. The van der Waals surface area contributed by atoms with Crippen LogP contribution in [0.3, 0.4) is 0 Å². The van der Waals surface area contributed by atoms with Crippen LogP contribution in [0.1, 0.15) is 6.42 Å². The van der Waals surface area contributed by atoms with E-state index in [4.69, 9.17) is 11.6 Å². The molecule has 2 aliphatic rings. The molecule has 0 radical (unpaired) electrons. The number of carbonyl (C=O) groups excluding carboxylic acids is 1. The minimum absolute atomic E-state index is 0.296. The fourth-order valence-electron chi connectivity index (χ4n) is 1.34. The summed E-state index contributed by atoms with van der Waals surface area (Å²) in [6.07, 6.45) is 0.734. The zero-order chi connectivity index (χ0) is 7.14. The minimum atomic E-state index is 0.296. The molecule has 0 spiro atoms. The van der Waals surface area contributed by atoms with Gasteiger partial charge in [-0.05, 0) is 0 Å². The number of nitrogens with zero attached hydrogens (tertiary/aromatic N) is 1. The lowest BCUT2D eigenvalue weighted by Gasteiger charge is -2.32. The van der Waals surface area contributed by atoms with E-state index in [1.807, 2.05) is 16.7 Å². The van der Waals surface area contributed by atoms with E-state index in [0.717, 1.165) is 13.0 Å². The van der Waals surface area contributed by atoms with E-state index in [0.29, 0.717) is 22.4 Å². The zero-order valence-electron chi connectivity index (χ0n) is 5.42. The second-order valence-electron chi connectivity index (χ2n) is 2.62. The first kappa shape index (κ1) is 6.80. The van der Waals surface area contributed by atoms with Crippen LogP contribution >= 0.6 is 23.4 Å².